The Morgan fingerprint density at radius 2 is 1.50 bits per heavy atom. The molecular weight excluding hydrogens is 146 g/mol. The van der Waals surface area contributed by atoms with Gasteiger partial charge in [0, 0.05) is 6.04 Å². The molecule has 0 amide bonds. The van der Waals surface area contributed by atoms with Gasteiger partial charge in [0.15, 0.2) is 0 Å². The van der Waals surface area contributed by atoms with Crippen molar-refractivity contribution in [3.8, 4) is 0 Å². The molecule has 1 aliphatic heterocycles. The van der Waals surface area contributed by atoms with Crippen LogP contribution in [0.4, 0.5) is 0 Å². The van der Waals surface area contributed by atoms with Crippen molar-refractivity contribution >= 4 is 0 Å². The summed E-state index contributed by atoms with van der Waals surface area (Å²) in [6.45, 7) is 2.73. The van der Waals surface area contributed by atoms with E-state index in [1.54, 1.807) is 0 Å². The molecule has 0 spiro atoms. The molecule has 0 unspecified atom stereocenters. The molecule has 1 aliphatic carbocycles. The summed E-state index contributed by atoms with van der Waals surface area (Å²) in [5.41, 5.74) is 0. The summed E-state index contributed by atoms with van der Waals surface area (Å²) in [7, 11) is 0. The van der Waals surface area contributed by atoms with Crippen LogP contribution in [0.3, 0.4) is 0 Å². The average molecular weight is 165 g/mol. The van der Waals surface area contributed by atoms with Gasteiger partial charge in [-0.2, -0.15) is 0 Å². The number of likely N-dealkylation sites (tertiary alicyclic amines) is 1. The molecule has 1 saturated heterocycles. The van der Waals surface area contributed by atoms with Gasteiger partial charge in [0.2, 0.25) is 0 Å². The van der Waals surface area contributed by atoms with Gasteiger partial charge in [-0.15, -0.1) is 0 Å². The van der Waals surface area contributed by atoms with E-state index in [1.807, 2.05) is 0 Å². The normalized spacial score (nSPS) is 27.7. The highest BCUT2D eigenvalue weighted by Crippen LogP contribution is 2.21. The van der Waals surface area contributed by atoms with Crippen molar-refractivity contribution in [3.63, 3.8) is 0 Å². The highest BCUT2D eigenvalue weighted by molar-refractivity contribution is 4.90. The van der Waals surface area contributed by atoms with E-state index >= 15 is 0 Å². The van der Waals surface area contributed by atoms with Crippen LogP contribution in [0.15, 0.2) is 12.2 Å². The van der Waals surface area contributed by atoms with Gasteiger partial charge >= 0.3 is 0 Å². The Labute approximate surface area is 75.4 Å². The number of allylic oxidation sites excluding steroid dienone is 2. The second-order valence-corrected chi connectivity index (χ2v) is 4.02. The lowest BCUT2D eigenvalue weighted by molar-refractivity contribution is 0.223. The minimum atomic E-state index is 0.905. The first-order valence-electron chi connectivity index (χ1n) is 5.36. The Bertz CT molecular complexity index is 146. The van der Waals surface area contributed by atoms with Crippen molar-refractivity contribution in [2.75, 3.05) is 13.1 Å². The molecule has 2 rings (SSSR count). The number of hydrogen-bond donors (Lipinski definition) is 0. The largest absolute Gasteiger partial charge is 0.300 e. The van der Waals surface area contributed by atoms with Gasteiger partial charge in [-0.05, 0) is 51.6 Å². The summed E-state index contributed by atoms with van der Waals surface area (Å²) in [4.78, 5) is 2.70. The lowest BCUT2D eigenvalue weighted by atomic mass is 10.1. The fraction of sp³-hybridized carbons (Fsp3) is 0.818. The molecule has 1 heteroatoms. The second-order valence-electron chi connectivity index (χ2n) is 4.02. The molecule has 0 saturated carbocycles. The van der Waals surface area contributed by atoms with Crippen molar-refractivity contribution in [2.45, 2.75) is 44.6 Å². The van der Waals surface area contributed by atoms with Gasteiger partial charge < -0.3 is 4.90 Å². The zero-order valence-corrected chi connectivity index (χ0v) is 7.84. The number of nitrogens with zero attached hydrogens (tertiary/aromatic N) is 1. The lowest BCUT2D eigenvalue weighted by Crippen LogP contribution is -2.32. The van der Waals surface area contributed by atoms with Crippen LogP contribution >= 0.6 is 0 Å². The molecule has 0 aromatic carbocycles. The molecule has 1 nitrogen and oxygen atoms in total. The standard InChI is InChI=1S/C11H19N/c1-2-4-8-11(7-3-1)12-9-5-6-10-12/h1-2,11H,3-10H2. The van der Waals surface area contributed by atoms with E-state index in [2.05, 4.69) is 17.1 Å². The average Bonchev–Trinajstić information content (AvgIpc) is 2.48. The zero-order chi connectivity index (χ0) is 8.23. The van der Waals surface area contributed by atoms with E-state index in [4.69, 9.17) is 0 Å². The summed E-state index contributed by atoms with van der Waals surface area (Å²) in [5.74, 6) is 0. The number of hydrogen-bond acceptors (Lipinski definition) is 1. The van der Waals surface area contributed by atoms with E-state index in [9.17, 15) is 0 Å². The van der Waals surface area contributed by atoms with Crippen molar-refractivity contribution in [1.29, 1.82) is 0 Å². The smallest absolute Gasteiger partial charge is 0.0101 e. The molecular formula is C11H19N. The maximum atomic E-state index is 2.70. The van der Waals surface area contributed by atoms with E-state index < -0.39 is 0 Å². The van der Waals surface area contributed by atoms with Crippen LogP contribution < -0.4 is 0 Å². The third-order valence-electron chi connectivity index (χ3n) is 3.16. The minimum Gasteiger partial charge on any atom is -0.300 e. The fourth-order valence-corrected chi connectivity index (χ4v) is 2.43. The van der Waals surface area contributed by atoms with Crippen LogP contribution in [-0.2, 0) is 0 Å². The molecule has 0 aromatic heterocycles. The third kappa shape index (κ3) is 1.89. The van der Waals surface area contributed by atoms with Gasteiger partial charge in [-0.25, -0.2) is 0 Å². The van der Waals surface area contributed by atoms with Gasteiger partial charge in [0.25, 0.3) is 0 Å². The molecule has 0 aromatic rings. The van der Waals surface area contributed by atoms with Crippen molar-refractivity contribution in [2.24, 2.45) is 0 Å². The minimum absolute atomic E-state index is 0.905. The van der Waals surface area contributed by atoms with Crippen LogP contribution in [0.5, 0.6) is 0 Å². The second kappa shape index (κ2) is 4.08. The summed E-state index contributed by atoms with van der Waals surface area (Å²) in [6.07, 6.45) is 13.0. The SMILES string of the molecule is C1=CCCC(N2CCCC2)CC1. The maximum Gasteiger partial charge on any atom is 0.0101 e. The number of rotatable bonds is 1. The molecule has 68 valence electrons. The summed E-state index contributed by atoms with van der Waals surface area (Å²) in [6, 6.07) is 0.905. The first-order chi connectivity index (χ1) is 5.97. The Morgan fingerprint density at radius 1 is 0.917 bits per heavy atom. The van der Waals surface area contributed by atoms with Gasteiger partial charge in [0.05, 0.1) is 0 Å². The van der Waals surface area contributed by atoms with E-state index in [1.165, 1.54) is 51.6 Å². The summed E-state index contributed by atoms with van der Waals surface area (Å²) in [5, 5.41) is 0. The molecule has 0 N–H and O–H groups in total. The van der Waals surface area contributed by atoms with Crippen LogP contribution in [0.2, 0.25) is 0 Å². The van der Waals surface area contributed by atoms with E-state index in [-0.39, 0.29) is 0 Å². The Morgan fingerprint density at radius 3 is 2.08 bits per heavy atom. The topological polar surface area (TPSA) is 3.24 Å². The maximum absolute atomic E-state index is 2.70. The Balaban J connectivity index is 1.85. The van der Waals surface area contributed by atoms with Crippen LogP contribution in [0.1, 0.15) is 38.5 Å². The Kier molecular flexibility index (Phi) is 2.83. The fourth-order valence-electron chi connectivity index (χ4n) is 2.43. The van der Waals surface area contributed by atoms with Gasteiger partial charge in [-0.1, -0.05) is 12.2 Å². The first-order valence-corrected chi connectivity index (χ1v) is 5.36. The molecule has 0 bridgehead atoms. The van der Waals surface area contributed by atoms with Crippen molar-refractivity contribution in [3.05, 3.63) is 12.2 Å². The highest BCUT2D eigenvalue weighted by atomic mass is 15.2. The summed E-state index contributed by atoms with van der Waals surface area (Å²) < 4.78 is 0. The van der Waals surface area contributed by atoms with Gasteiger partial charge in [-0.3, -0.25) is 0 Å². The van der Waals surface area contributed by atoms with E-state index in [0.717, 1.165) is 6.04 Å². The molecule has 0 radical (unpaired) electrons. The molecule has 12 heavy (non-hydrogen) atoms. The predicted octanol–water partition coefficient (Wildman–Crippen LogP) is 2.58. The van der Waals surface area contributed by atoms with Crippen LogP contribution in [-0.4, -0.2) is 24.0 Å². The molecule has 1 heterocycles. The first kappa shape index (κ1) is 8.31. The monoisotopic (exact) mass is 165 g/mol. The quantitative estimate of drug-likeness (QED) is 0.540. The predicted molar refractivity (Wildman–Crippen MR) is 52.2 cm³/mol. The van der Waals surface area contributed by atoms with Crippen molar-refractivity contribution < 1.29 is 0 Å². The zero-order valence-electron chi connectivity index (χ0n) is 7.84. The van der Waals surface area contributed by atoms with Crippen LogP contribution in [0.25, 0.3) is 0 Å². The Hall–Kier alpha value is -0.300. The lowest BCUT2D eigenvalue weighted by Gasteiger charge is -2.25. The third-order valence-corrected chi connectivity index (χ3v) is 3.16. The highest BCUT2D eigenvalue weighted by Gasteiger charge is 2.21. The molecule has 2 aliphatic rings. The summed E-state index contributed by atoms with van der Waals surface area (Å²) >= 11 is 0. The molecule has 0 atom stereocenters. The van der Waals surface area contributed by atoms with E-state index in [0.29, 0.717) is 0 Å². The van der Waals surface area contributed by atoms with Gasteiger partial charge in [0.1, 0.15) is 0 Å². The van der Waals surface area contributed by atoms with Crippen molar-refractivity contribution in [1.82, 2.24) is 4.90 Å². The molecule has 1 fully saturated rings. The van der Waals surface area contributed by atoms with Crippen LogP contribution in [0, 0.1) is 0 Å².